The molecule has 0 N–H and O–H groups in total. The van der Waals surface area contributed by atoms with Gasteiger partial charge >= 0.3 is 0 Å². The molecule has 0 spiro atoms. The predicted octanol–water partition coefficient (Wildman–Crippen LogP) is 3.92. The van der Waals surface area contributed by atoms with Crippen molar-refractivity contribution in [2.45, 2.75) is 44.6 Å². The third-order valence-electron chi connectivity index (χ3n) is 4.85. The van der Waals surface area contributed by atoms with Crippen LogP contribution in [0.4, 0.5) is 0 Å². The summed E-state index contributed by atoms with van der Waals surface area (Å²) in [4.78, 5) is 2.74. The van der Waals surface area contributed by atoms with Crippen LogP contribution in [0.15, 0.2) is 24.3 Å². The van der Waals surface area contributed by atoms with Crippen molar-refractivity contribution in [2.24, 2.45) is 5.92 Å². The molecule has 0 saturated carbocycles. The fourth-order valence-corrected chi connectivity index (χ4v) is 3.83. The van der Waals surface area contributed by atoms with Crippen molar-refractivity contribution in [1.82, 2.24) is 4.90 Å². The van der Waals surface area contributed by atoms with Gasteiger partial charge in [-0.05, 0) is 56.2 Å². The maximum atomic E-state index is 5.48. The van der Waals surface area contributed by atoms with Crippen molar-refractivity contribution in [3.05, 3.63) is 29.8 Å². The maximum Gasteiger partial charge on any atom is 0.122 e. The lowest BCUT2D eigenvalue weighted by Gasteiger charge is -2.42. The van der Waals surface area contributed by atoms with Gasteiger partial charge in [0, 0.05) is 12.6 Å². The standard InChI is InChI=1S/C17H25NO.ClH/c1-19-17-8-3-2-6-15(17)12-14-9-10-16-7-4-5-11-18(16)13-14;/h2-3,6,8,14,16H,4-5,7,9-13H2,1H3;1H. The van der Waals surface area contributed by atoms with Crippen LogP contribution in [0.1, 0.15) is 37.7 Å². The molecule has 2 nitrogen and oxygen atoms in total. The van der Waals surface area contributed by atoms with Gasteiger partial charge < -0.3 is 9.64 Å². The van der Waals surface area contributed by atoms with Gasteiger partial charge in [0.05, 0.1) is 7.11 Å². The summed E-state index contributed by atoms with van der Waals surface area (Å²) in [5.74, 6) is 1.87. The molecule has 0 radical (unpaired) electrons. The Bertz CT molecular complexity index is 423. The minimum Gasteiger partial charge on any atom is -0.496 e. The highest BCUT2D eigenvalue weighted by Crippen LogP contribution is 2.32. The zero-order chi connectivity index (χ0) is 13.1. The van der Waals surface area contributed by atoms with Crippen molar-refractivity contribution >= 4 is 12.4 Å². The number of hydrogen-bond acceptors (Lipinski definition) is 2. The topological polar surface area (TPSA) is 12.5 Å². The highest BCUT2D eigenvalue weighted by atomic mass is 35.5. The Labute approximate surface area is 128 Å². The first-order valence-electron chi connectivity index (χ1n) is 7.73. The molecule has 3 heteroatoms. The largest absolute Gasteiger partial charge is 0.496 e. The first-order chi connectivity index (χ1) is 9.36. The first-order valence-corrected chi connectivity index (χ1v) is 7.73. The van der Waals surface area contributed by atoms with E-state index in [9.17, 15) is 0 Å². The van der Waals surface area contributed by atoms with Gasteiger partial charge in [-0.3, -0.25) is 0 Å². The van der Waals surface area contributed by atoms with Gasteiger partial charge in [0.2, 0.25) is 0 Å². The van der Waals surface area contributed by atoms with E-state index in [-0.39, 0.29) is 12.4 Å². The van der Waals surface area contributed by atoms with Crippen LogP contribution in [-0.4, -0.2) is 31.1 Å². The van der Waals surface area contributed by atoms with Crippen LogP contribution >= 0.6 is 12.4 Å². The third-order valence-corrected chi connectivity index (χ3v) is 4.85. The molecule has 112 valence electrons. The lowest BCUT2D eigenvalue weighted by Crippen LogP contribution is -2.46. The van der Waals surface area contributed by atoms with E-state index in [1.807, 2.05) is 0 Å². The number of nitrogens with zero attached hydrogens (tertiary/aromatic N) is 1. The number of rotatable bonds is 3. The molecule has 2 fully saturated rings. The van der Waals surface area contributed by atoms with Crippen LogP contribution in [-0.2, 0) is 6.42 Å². The SMILES string of the molecule is COc1ccccc1CC1CCC2CCCCN2C1.Cl. The Hall–Kier alpha value is -0.730. The fourth-order valence-electron chi connectivity index (χ4n) is 3.83. The molecule has 2 atom stereocenters. The lowest BCUT2D eigenvalue weighted by atomic mass is 9.84. The Morgan fingerprint density at radius 1 is 1.15 bits per heavy atom. The summed E-state index contributed by atoms with van der Waals surface area (Å²) in [6.07, 6.45) is 8.24. The second-order valence-corrected chi connectivity index (χ2v) is 6.10. The third kappa shape index (κ3) is 3.48. The van der Waals surface area contributed by atoms with Gasteiger partial charge in [-0.15, -0.1) is 12.4 Å². The number of ether oxygens (including phenoxy) is 1. The molecule has 2 unspecified atom stereocenters. The van der Waals surface area contributed by atoms with Crippen LogP contribution < -0.4 is 4.74 Å². The maximum absolute atomic E-state index is 5.48. The van der Waals surface area contributed by atoms with Crippen LogP contribution in [0.2, 0.25) is 0 Å². The van der Waals surface area contributed by atoms with Gasteiger partial charge in [-0.2, -0.15) is 0 Å². The van der Waals surface area contributed by atoms with Crippen molar-refractivity contribution in [3.8, 4) is 5.75 Å². The molecule has 2 heterocycles. The van der Waals surface area contributed by atoms with Crippen LogP contribution in [0.5, 0.6) is 5.75 Å². The number of fused-ring (bicyclic) bond motifs is 1. The smallest absolute Gasteiger partial charge is 0.122 e. The van der Waals surface area contributed by atoms with E-state index >= 15 is 0 Å². The van der Waals surface area contributed by atoms with E-state index in [1.165, 1.54) is 57.2 Å². The molecule has 2 aliphatic heterocycles. The summed E-state index contributed by atoms with van der Waals surface area (Å²) in [6.45, 7) is 2.62. The van der Waals surface area contributed by atoms with Crippen LogP contribution in [0.25, 0.3) is 0 Å². The molecule has 0 amide bonds. The Morgan fingerprint density at radius 3 is 2.85 bits per heavy atom. The number of piperidine rings is 2. The molecular weight excluding hydrogens is 270 g/mol. The van der Waals surface area contributed by atoms with Gasteiger partial charge in [-0.1, -0.05) is 24.6 Å². The number of para-hydroxylation sites is 1. The van der Waals surface area contributed by atoms with E-state index in [0.717, 1.165) is 17.7 Å². The molecular formula is C17H26ClNO. The van der Waals surface area contributed by atoms with Crippen molar-refractivity contribution < 1.29 is 4.74 Å². The van der Waals surface area contributed by atoms with E-state index in [0.29, 0.717) is 0 Å². The molecule has 1 aromatic rings. The summed E-state index contributed by atoms with van der Waals surface area (Å²) in [7, 11) is 1.78. The summed E-state index contributed by atoms with van der Waals surface area (Å²) in [5, 5.41) is 0. The average Bonchev–Trinajstić information content (AvgIpc) is 2.48. The Morgan fingerprint density at radius 2 is 2.00 bits per heavy atom. The minimum atomic E-state index is 0. The zero-order valence-electron chi connectivity index (χ0n) is 12.4. The van der Waals surface area contributed by atoms with Gasteiger partial charge in [-0.25, -0.2) is 0 Å². The molecule has 20 heavy (non-hydrogen) atoms. The number of benzene rings is 1. The minimum absolute atomic E-state index is 0. The van der Waals surface area contributed by atoms with E-state index < -0.39 is 0 Å². The molecule has 2 aliphatic rings. The van der Waals surface area contributed by atoms with Crippen molar-refractivity contribution in [3.63, 3.8) is 0 Å². The number of hydrogen-bond donors (Lipinski definition) is 0. The second kappa shape index (κ2) is 7.33. The molecule has 2 saturated heterocycles. The van der Waals surface area contributed by atoms with Crippen LogP contribution in [0.3, 0.4) is 0 Å². The quantitative estimate of drug-likeness (QED) is 0.838. The molecule has 0 bridgehead atoms. The second-order valence-electron chi connectivity index (χ2n) is 6.10. The predicted molar refractivity (Wildman–Crippen MR) is 85.9 cm³/mol. The monoisotopic (exact) mass is 295 g/mol. The zero-order valence-corrected chi connectivity index (χ0v) is 13.2. The van der Waals surface area contributed by atoms with E-state index in [1.54, 1.807) is 7.11 Å². The normalized spacial score (nSPS) is 26.4. The Balaban J connectivity index is 0.00000147. The average molecular weight is 296 g/mol. The lowest BCUT2D eigenvalue weighted by molar-refractivity contribution is 0.0751. The van der Waals surface area contributed by atoms with Crippen molar-refractivity contribution in [2.75, 3.05) is 20.2 Å². The van der Waals surface area contributed by atoms with Gasteiger partial charge in [0.1, 0.15) is 5.75 Å². The molecule has 0 aliphatic carbocycles. The first kappa shape index (κ1) is 15.7. The summed E-state index contributed by atoms with van der Waals surface area (Å²) in [5.41, 5.74) is 1.38. The van der Waals surface area contributed by atoms with Crippen molar-refractivity contribution in [1.29, 1.82) is 0 Å². The molecule has 3 rings (SSSR count). The summed E-state index contributed by atoms with van der Waals surface area (Å²) >= 11 is 0. The number of halogens is 1. The highest BCUT2D eigenvalue weighted by Gasteiger charge is 2.30. The number of methoxy groups -OCH3 is 1. The van der Waals surface area contributed by atoms with E-state index in [4.69, 9.17) is 4.74 Å². The Kier molecular flexibility index (Phi) is 5.74. The fraction of sp³-hybridized carbons (Fsp3) is 0.647. The van der Waals surface area contributed by atoms with E-state index in [2.05, 4.69) is 29.2 Å². The van der Waals surface area contributed by atoms with Gasteiger partial charge in [0.15, 0.2) is 0 Å². The van der Waals surface area contributed by atoms with Gasteiger partial charge in [0.25, 0.3) is 0 Å². The molecule has 0 aromatic heterocycles. The highest BCUT2D eigenvalue weighted by molar-refractivity contribution is 5.85. The molecule has 1 aromatic carbocycles. The summed E-state index contributed by atoms with van der Waals surface area (Å²) in [6, 6.07) is 9.39. The van der Waals surface area contributed by atoms with Crippen LogP contribution in [0, 0.1) is 5.92 Å². The summed E-state index contributed by atoms with van der Waals surface area (Å²) < 4.78 is 5.48.